The number of hydrogen-bond donors (Lipinski definition) is 0. The molecule has 0 aliphatic carbocycles. The highest BCUT2D eigenvalue weighted by Gasteiger charge is 2.24. The molecule has 1 rings (SSSR count). The number of terminal acetylenes is 1. The van der Waals surface area contributed by atoms with Crippen LogP contribution in [0, 0.1) is 18.3 Å². The van der Waals surface area contributed by atoms with Crippen molar-refractivity contribution in [2.24, 2.45) is 5.92 Å². The van der Waals surface area contributed by atoms with Crippen LogP contribution in [0.1, 0.15) is 13.3 Å². The van der Waals surface area contributed by atoms with Crippen molar-refractivity contribution in [3.63, 3.8) is 0 Å². The minimum atomic E-state index is -0.0592. The van der Waals surface area contributed by atoms with Gasteiger partial charge in [0, 0.05) is 5.92 Å². The molecule has 0 bridgehead atoms. The van der Waals surface area contributed by atoms with E-state index in [1.807, 2.05) is 0 Å². The van der Waals surface area contributed by atoms with Crippen molar-refractivity contribution < 1.29 is 9.47 Å². The van der Waals surface area contributed by atoms with Crippen molar-refractivity contribution in [1.29, 1.82) is 0 Å². The minimum Gasteiger partial charge on any atom is -0.352 e. The first-order valence-electron chi connectivity index (χ1n) is 3.51. The molecule has 2 heteroatoms. The summed E-state index contributed by atoms with van der Waals surface area (Å²) in [5.41, 5.74) is 0. The molecule has 0 saturated carbocycles. The van der Waals surface area contributed by atoms with Gasteiger partial charge in [-0.3, -0.25) is 0 Å². The standard InChI is InChI=1S/C8H12O2/c1-3-5-9-8-7(2)4-6-10-8/h1,7-8H,4-6H2,2H3/t7-,8-/m0/s1. The predicted molar refractivity (Wildman–Crippen MR) is 38.3 cm³/mol. The van der Waals surface area contributed by atoms with E-state index < -0.39 is 0 Å². The molecule has 1 saturated heterocycles. The maximum Gasteiger partial charge on any atom is 0.161 e. The smallest absolute Gasteiger partial charge is 0.161 e. The van der Waals surface area contributed by atoms with E-state index in [2.05, 4.69) is 12.8 Å². The second-order valence-electron chi connectivity index (χ2n) is 2.52. The lowest BCUT2D eigenvalue weighted by molar-refractivity contribution is -0.117. The Morgan fingerprint density at radius 1 is 1.80 bits per heavy atom. The van der Waals surface area contributed by atoms with Gasteiger partial charge in [0.1, 0.15) is 6.61 Å². The van der Waals surface area contributed by atoms with E-state index in [4.69, 9.17) is 15.9 Å². The largest absolute Gasteiger partial charge is 0.352 e. The van der Waals surface area contributed by atoms with Crippen LogP contribution in [0.25, 0.3) is 0 Å². The van der Waals surface area contributed by atoms with Crippen LogP contribution in [0.4, 0.5) is 0 Å². The van der Waals surface area contributed by atoms with Crippen LogP contribution in [0.2, 0.25) is 0 Å². The summed E-state index contributed by atoms with van der Waals surface area (Å²) in [7, 11) is 0. The van der Waals surface area contributed by atoms with Crippen molar-refractivity contribution in [3.8, 4) is 12.3 Å². The SMILES string of the molecule is C#CCO[C@H]1OCC[C@@H]1C. The van der Waals surface area contributed by atoms with Crippen molar-refractivity contribution in [1.82, 2.24) is 0 Å². The Bertz CT molecular complexity index is 137. The van der Waals surface area contributed by atoms with Crippen LogP contribution in [0.3, 0.4) is 0 Å². The van der Waals surface area contributed by atoms with Crippen molar-refractivity contribution in [3.05, 3.63) is 0 Å². The van der Waals surface area contributed by atoms with Gasteiger partial charge in [0.05, 0.1) is 6.61 Å². The van der Waals surface area contributed by atoms with E-state index in [9.17, 15) is 0 Å². The third-order valence-corrected chi connectivity index (χ3v) is 1.65. The van der Waals surface area contributed by atoms with E-state index in [1.54, 1.807) is 0 Å². The first-order chi connectivity index (χ1) is 4.84. The molecule has 0 spiro atoms. The predicted octanol–water partition coefficient (Wildman–Crippen LogP) is 1.02. The summed E-state index contributed by atoms with van der Waals surface area (Å²) in [5, 5.41) is 0. The molecule has 0 aromatic rings. The molecule has 1 heterocycles. The van der Waals surface area contributed by atoms with E-state index in [0.717, 1.165) is 13.0 Å². The van der Waals surface area contributed by atoms with E-state index >= 15 is 0 Å². The molecule has 10 heavy (non-hydrogen) atoms. The quantitative estimate of drug-likeness (QED) is 0.533. The third-order valence-electron chi connectivity index (χ3n) is 1.65. The molecule has 1 aliphatic heterocycles. The van der Waals surface area contributed by atoms with Crippen LogP contribution in [0.5, 0.6) is 0 Å². The van der Waals surface area contributed by atoms with Gasteiger partial charge in [0.15, 0.2) is 6.29 Å². The molecule has 0 aromatic heterocycles. The van der Waals surface area contributed by atoms with Gasteiger partial charge in [0.2, 0.25) is 0 Å². The van der Waals surface area contributed by atoms with Gasteiger partial charge in [-0.05, 0) is 6.42 Å². The molecule has 0 unspecified atom stereocenters. The maximum atomic E-state index is 5.25. The van der Waals surface area contributed by atoms with Gasteiger partial charge in [-0.2, -0.15) is 0 Å². The van der Waals surface area contributed by atoms with Crippen LogP contribution < -0.4 is 0 Å². The number of ether oxygens (including phenoxy) is 2. The summed E-state index contributed by atoms with van der Waals surface area (Å²) in [4.78, 5) is 0. The zero-order valence-electron chi connectivity index (χ0n) is 6.17. The zero-order chi connectivity index (χ0) is 7.40. The lowest BCUT2D eigenvalue weighted by Crippen LogP contribution is -2.17. The molecule has 0 aromatic carbocycles. The van der Waals surface area contributed by atoms with Gasteiger partial charge in [-0.25, -0.2) is 0 Å². The van der Waals surface area contributed by atoms with E-state index in [-0.39, 0.29) is 6.29 Å². The zero-order valence-corrected chi connectivity index (χ0v) is 6.17. The normalized spacial score (nSPS) is 32.0. The fourth-order valence-corrected chi connectivity index (χ4v) is 1.01. The lowest BCUT2D eigenvalue weighted by Gasteiger charge is -2.12. The summed E-state index contributed by atoms with van der Waals surface area (Å²) in [6, 6.07) is 0. The summed E-state index contributed by atoms with van der Waals surface area (Å²) >= 11 is 0. The molecule has 0 radical (unpaired) electrons. The minimum absolute atomic E-state index is 0.0592. The van der Waals surface area contributed by atoms with Gasteiger partial charge in [0.25, 0.3) is 0 Å². The molecule has 0 amide bonds. The Morgan fingerprint density at radius 2 is 2.60 bits per heavy atom. The van der Waals surface area contributed by atoms with Gasteiger partial charge < -0.3 is 9.47 Å². The highest BCUT2D eigenvalue weighted by Crippen LogP contribution is 2.20. The number of hydrogen-bond acceptors (Lipinski definition) is 2. The molecule has 2 nitrogen and oxygen atoms in total. The van der Waals surface area contributed by atoms with Gasteiger partial charge in [-0.1, -0.05) is 12.8 Å². The summed E-state index contributed by atoms with van der Waals surface area (Å²) < 4.78 is 10.5. The summed E-state index contributed by atoms with van der Waals surface area (Å²) in [5.74, 6) is 2.91. The fraction of sp³-hybridized carbons (Fsp3) is 0.750. The highest BCUT2D eigenvalue weighted by molar-refractivity contribution is 4.83. The Hall–Kier alpha value is -0.520. The average molecular weight is 140 g/mol. The molecule has 56 valence electrons. The topological polar surface area (TPSA) is 18.5 Å². The second kappa shape index (κ2) is 3.60. The van der Waals surface area contributed by atoms with E-state index in [0.29, 0.717) is 12.5 Å². The molecular weight excluding hydrogens is 128 g/mol. The molecule has 2 atom stereocenters. The maximum absolute atomic E-state index is 5.25. The summed E-state index contributed by atoms with van der Waals surface area (Å²) in [6.45, 7) is 3.26. The highest BCUT2D eigenvalue weighted by atomic mass is 16.7. The number of rotatable bonds is 2. The van der Waals surface area contributed by atoms with Crippen molar-refractivity contribution in [2.45, 2.75) is 19.6 Å². The Balaban J connectivity index is 2.21. The van der Waals surface area contributed by atoms with E-state index in [1.165, 1.54) is 0 Å². The van der Waals surface area contributed by atoms with Crippen LogP contribution in [-0.4, -0.2) is 19.5 Å². The van der Waals surface area contributed by atoms with Crippen LogP contribution >= 0.6 is 0 Å². The first kappa shape index (κ1) is 7.59. The lowest BCUT2D eigenvalue weighted by atomic mass is 10.1. The fourth-order valence-electron chi connectivity index (χ4n) is 1.01. The molecule has 0 N–H and O–H groups in total. The Labute approximate surface area is 61.5 Å². The summed E-state index contributed by atoms with van der Waals surface area (Å²) in [6.07, 6.45) is 6.04. The Kier molecular flexibility index (Phi) is 2.73. The monoisotopic (exact) mass is 140 g/mol. The average Bonchev–Trinajstić information content (AvgIpc) is 2.31. The third kappa shape index (κ3) is 1.73. The Morgan fingerprint density at radius 3 is 3.10 bits per heavy atom. The van der Waals surface area contributed by atoms with Gasteiger partial charge in [-0.15, -0.1) is 6.42 Å². The van der Waals surface area contributed by atoms with Crippen LogP contribution in [-0.2, 0) is 9.47 Å². The molecule has 1 fully saturated rings. The molecule has 1 aliphatic rings. The first-order valence-corrected chi connectivity index (χ1v) is 3.51. The van der Waals surface area contributed by atoms with Crippen molar-refractivity contribution >= 4 is 0 Å². The van der Waals surface area contributed by atoms with Crippen molar-refractivity contribution in [2.75, 3.05) is 13.2 Å². The van der Waals surface area contributed by atoms with Crippen LogP contribution in [0.15, 0.2) is 0 Å². The molecular formula is C8H12O2. The second-order valence-corrected chi connectivity index (χ2v) is 2.52. The van der Waals surface area contributed by atoms with Gasteiger partial charge >= 0.3 is 0 Å².